The minimum atomic E-state index is -3.81. The van der Waals surface area contributed by atoms with Gasteiger partial charge in [0.1, 0.15) is 0 Å². The highest BCUT2D eigenvalue weighted by molar-refractivity contribution is 7.89. The van der Waals surface area contributed by atoms with E-state index in [0.29, 0.717) is 11.4 Å². The summed E-state index contributed by atoms with van der Waals surface area (Å²) in [5.41, 5.74) is 0.711. The number of oxazole rings is 1. The van der Waals surface area contributed by atoms with Crippen molar-refractivity contribution in [3.63, 3.8) is 0 Å². The van der Waals surface area contributed by atoms with Gasteiger partial charge in [0, 0.05) is 19.0 Å². The van der Waals surface area contributed by atoms with Crippen LogP contribution in [0.25, 0.3) is 11.1 Å². The third kappa shape index (κ3) is 2.97. The second-order valence-electron chi connectivity index (χ2n) is 5.57. The van der Waals surface area contributed by atoms with Gasteiger partial charge < -0.3 is 8.83 Å². The molecule has 0 aliphatic carbocycles. The quantitative estimate of drug-likeness (QED) is 0.730. The van der Waals surface area contributed by atoms with Gasteiger partial charge in [0.15, 0.2) is 5.58 Å². The van der Waals surface area contributed by atoms with Crippen LogP contribution in [-0.4, -0.2) is 23.2 Å². The monoisotopic (exact) mass is 352 g/mol. The van der Waals surface area contributed by atoms with Gasteiger partial charge in [-0.1, -0.05) is 13.8 Å². The molecule has 1 aromatic carbocycles. The highest BCUT2D eigenvalue weighted by atomic mass is 32.2. The Bertz CT molecular complexity index is 1040. The van der Waals surface area contributed by atoms with Gasteiger partial charge in [-0.25, -0.2) is 17.9 Å². The number of hydrogen-bond acceptors (Lipinski definition) is 7. The van der Waals surface area contributed by atoms with Crippen LogP contribution in [0.4, 0.5) is 0 Å². The number of nitrogens with one attached hydrogen (secondary N) is 1. The van der Waals surface area contributed by atoms with Gasteiger partial charge in [-0.3, -0.25) is 4.57 Å². The molecule has 3 aromatic rings. The highest BCUT2D eigenvalue weighted by Crippen LogP contribution is 2.18. The predicted molar refractivity (Wildman–Crippen MR) is 83.9 cm³/mol. The molecule has 0 radical (unpaired) electrons. The van der Waals surface area contributed by atoms with Gasteiger partial charge in [0.05, 0.1) is 17.0 Å². The fourth-order valence-electron chi connectivity index (χ4n) is 2.09. The normalized spacial score (nSPS) is 12.3. The molecule has 24 heavy (non-hydrogen) atoms. The molecule has 0 bridgehead atoms. The molecule has 0 unspecified atom stereocenters. The lowest BCUT2D eigenvalue weighted by Gasteiger charge is -2.04. The maximum atomic E-state index is 12.4. The second kappa shape index (κ2) is 5.87. The molecule has 3 rings (SSSR count). The number of aromatic nitrogens is 3. The molecule has 2 heterocycles. The first kappa shape index (κ1) is 16.4. The molecule has 2 aromatic heterocycles. The van der Waals surface area contributed by atoms with Crippen molar-refractivity contribution in [1.29, 1.82) is 0 Å². The zero-order valence-electron chi connectivity index (χ0n) is 13.3. The van der Waals surface area contributed by atoms with E-state index in [1.54, 1.807) is 7.05 Å². The Morgan fingerprint density at radius 3 is 2.67 bits per heavy atom. The summed E-state index contributed by atoms with van der Waals surface area (Å²) in [7, 11) is -2.27. The number of nitrogens with zero attached hydrogens (tertiary/aromatic N) is 3. The van der Waals surface area contributed by atoms with Crippen molar-refractivity contribution < 1.29 is 17.3 Å². The van der Waals surface area contributed by atoms with E-state index in [9.17, 15) is 13.2 Å². The van der Waals surface area contributed by atoms with E-state index in [-0.39, 0.29) is 28.8 Å². The molecule has 0 fully saturated rings. The fraction of sp³-hybridized carbons (Fsp3) is 0.357. The lowest BCUT2D eigenvalue weighted by molar-refractivity contribution is 0.427. The van der Waals surface area contributed by atoms with Crippen LogP contribution in [0.3, 0.4) is 0 Å². The molecule has 0 spiro atoms. The Labute approximate surface area is 137 Å². The van der Waals surface area contributed by atoms with Gasteiger partial charge in [-0.2, -0.15) is 0 Å². The van der Waals surface area contributed by atoms with E-state index in [0.717, 1.165) is 0 Å². The summed E-state index contributed by atoms with van der Waals surface area (Å²) in [5, 5.41) is 7.63. The maximum Gasteiger partial charge on any atom is 0.419 e. The van der Waals surface area contributed by atoms with E-state index >= 15 is 0 Å². The Morgan fingerprint density at radius 1 is 1.25 bits per heavy atom. The van der Waals surface area contributed by atoms with Crippen LogP contribution in [0.5, 0.6) is 0 Å². The topological polar surface area (TPSA) is 120 Å². The molecule has 1 N–H and O–H groups in total. The fourth-order valence-corrected chi connectivity index (χ4v) is 3.08. The van der Waals surface area contributed by atoms with Gasteiger partial charge in [0.25, 0.3) is 0 Å². The van der Waals surface area contributed by atoms with Crippen molar-refractivity contribution in [2.75, 3.05) is 0 Å². The summed E-state index contributed by atoms with van der Waals surface area (Å²) >= 11 is 0. The summed E-state index contributed by atoms with van der Waals surface area (Å²) < 4.78 is 38.7. The van der Waals surface area contributed by atoms with Crippen molar-refractivity contribution >= 4 is 21.1 Å². The van der Waals surface area contributed by atoms with E-state index in [4.69, 9.17) is 8.83 Å². The number of fused-ring (bicyclic) bond motifs is 1. The SMILES string of the molecule is CC(C)c1nnc(CNS(=O)(=O)c2ccc3c(c2)oc(=O)n3C)o1. The van der Waals surface area contributed by atoms with Gasteiger partial charge in [0.2, 0.25) is 21.8 Å². The molecule has 9 nitrogen and oxygen atoms in total. The third-order valence-electron chi connectivity index (χ3n) is 3.46. The van der Waals surface area contributed by atoms with E-state index < -0.39 is 15.8 Å². The average Bonchev–Trinajstić information content (AvgIpc) is 3.11. The third-order valence-corrected chi connectivity index (χ3v) is 4.86. The number of benzene rings is 1. The van der Waals surface area contributed by atoms with Crippen LogP contribution in [0.15, 0.2) is 36.7 Å². The first-order valence-corrected chi connectivity index (χ1v) is 8.68. The summed E-state index contributed by atoms with van der Waals surface area (Å²) in [6.07, 6.45) is 0. The number of sulfonamides is 1. The van der Waals surface area contributed by atoms with Gasteiger partial charge in [-0.05, 0) is 12.1 Å². The van der Waals surface area contributed by atoms with Crippen LogP contribution < -0.4 is 10.5 Å². The largest absolute Gasteiger partial charge is 0.424 e. The maximum absolute atomic E-state index is 12.4. The molecular weight excluding hydrogens is 336 g/mol. The lowest BCUT2D eigenvalue weighted by Crippen LogP contribution is -2.23. The lowest BCUT2D eigenvalue weighted by atomic mass is 10.2. The number of hydrogen-bond donors (Lipinski definition) is 1. The number of rotatable bonds is 5. The van der Waals surface area contributed by atoms with Crippen LogP contribution in [0.1, 0.15) is 31.5 Å². The molecule has 0 saturated carbocycles. The molecule has 0 aliphatic rings. The Balaban J connectivity index is 1.83. The molecule has 10 heteroatoms. The smallest absolute Gasteiger partial charge is 0.419 e. The van der Waals surface area contributed by atoms with E-state index in [1.807, 2.05) is 13.8 Å². The zero-order chi connectivity index (χ0) is 17.5. The van der Waals surface area contributed by atoms with Crippen LogP contribution >= 0.6 is 0 Å². The van der Waals surface area contributed by atoms with Gasteiger partial charge in [-0.15, -0.1) is 10.2 Å². The van der Waals surface area contributed by atoms with E-state index in [1.165, 1.54) is 22.8 Å². The molecule has 0 saturated heterocycles. The first-order valence-electron chi connectivity index (χ1n) is 7.19. The minimum Gasteiger partial charge on any atom is -0.424 e. The molecule has 128 valence electrons. The molecule has 0 atom stereocenters. The first-order chi connectivity index (χ1) is 11.3. The zero-order valence-corrected chi connectivity index (χ0v) is 14.1. The molecule has 0 aliphatic heterocycles. The Hall–Kier alpha value is -2.46. The molecular formula is C14H16N4O5S. The summed E-state index contributed by atoms with van der Waals surface area (Å²) in [4.78, 5) is 11.5. The summed E-state index contributed by atoms with van der Waals surface area (Å²) in [5.74, 6) is 0.122. The number of aryl methyl sites for hydroxylation is 1. The van der Waals surface area contributed by atoms with Crippen LogP contribution in [-0.2, 0) is 23.6 Å². The van der Waals surface area contributed by atoms with Crippen LogP contribution in [0.2, 0.25) is 0 Å². The summed E-state index contributed by atoms with van der Waals surface area (Å²) in [6, 6.07) is 4.21. The van der Waals surface area contributed by atoms with Crippen molar-refractivity contribution in [3.8, 4) is 0 Å². The Morgan fingerprint density at radius 2 is 2.00 bits per heavy atom. The van der Waals surface area contributed by atoms with E-state index in [2.05, 4.69) is 14.9 Å². The van der Waals surface area contributed by atoms with Gasteiger partial charge >= 0.3 is 5.76 Å². The van der Waals surface area contributed by atoms with Crippen molar-refractivity contribution in [3.05, 3.63) is 40.5 Å². The second-order valence-corrected chi connectivity index (χ2v) is 7.34. The van der Waals surface area contributed by atoms with Crippen molar-refractivity contribution in [2.24, 2.45) is 7.05 Å². The van der Waals surface area contributed by atoms with Crippen molar-refractivity contribution in [2.45, 2.75) is 31.2 Å². The van der Waals surface area contributed by atoms with Crippen molar-refractivity contribution in [1.82, 2.24) is 19.5 Å². The van der Waals surface area contributed by atoms with Crippen LogP contribution in [0, 0.1) is 0 Å². The highest BCUT2D eigenvalue weighted by Gasteiger charge is 2.18. The summed E-state index contributed by atoms with van der Waals surface area (Å²) in [6.45, 7) is 3.66. The minimum absolute atomic E-state index is 0.0204. The molecule has 0 amide bonds. The average molecular weight is 352 g/mol. The predicted octanol–water partition coefficient (Wildman–Crippen LogP) is 1.12. The standard InChI is InChI=1S/C14H16N4O5S/c1-8(2)13-17-16-12(23-13)7-15-24(20,21)9-4-5-10-11(6-9)22-14(19)18(10)3/h4-6,8,15H,7H2,1-3H3. The Kier molecular flexibility index (Phi) is 4.01.